The monoisotopic (exact) mass is 283 g/mol. The molecular weight excluding hydrogens is 257 g/mol. The van der Waals surface area contributed by atoms with Crippen LogP contribution in [0.2, 0.25) is 0 Å². The maximum atomic E-state index is 13.2. The lowest BCUT2D eigenvalue weighted by atomic mass is 9.96. The average molecular weight is 283 g/mol. The molecule has 1 aromatic carbocycles. The Morgan fingerprint density at radius 2 is 2.15 bits per heavy atom. The fourth-order valence-electron chi connectivity index (χ4n) is 2.15. The van der Waals surface area contributed by atoms with Crippen LogP contribution < -0.4 is 5.32 Å². The van der Waals surface area contributed by atoms with Gasteiger partial charge in [-0.3, -0.25) is 0 Å². The first kappa shape index (κ1) is 17.1. The summed E-state index contributed by atoms with van der Waals surface area (Å²) in [6, 6.07) is 6.84. The Balaban J connectivity index is 2.43. The standard InChI is InChI=1S/C16H26FNO2/c1-3-20-9-7-15(13-18-8-10-19-2)11-14-5-4-6-16(17)12-14/h4-6,12,15,18H,3,7-11,13H2,1-2H3. The first-order chi connectivity index (χ1) is 9.76. The Bertz CT molecular complexity index is 360. The second-order valence-electron chi connectivity index (χ2n) is 4.88. The minimum Gasteiger partial charge on any atom is -0.383 e. The van der Waals surface area contributed by atoms with Gasteiger partial charge in [-0.05, 0) is 49.9 Å². The predicted molar refractivity (Wildman–Crippen MR) is 79.4 cm³/mol. The van der Waals surface area contributed by atoms with E-state index in [0.717, 1.165) is 44.7 Å². The molecule has 20 heavy (non-hydrogen) atoms. The number of halogens is 1. The lowest BCUT2D eigenvalue weighted by Crippen LogP contribution is -2.28. The van der Waals surface area contributed by atoms with Gasteiger partial charge in [0.2, 0.25) is 0 Å². The lowest BCUT2D eigenvalue weighted by molar-refractivity contribution is 0.130. The van der Waals surface area contributed by atoms with Crippen molar-refractivity contribution in [1.29, 1.82) is 0 Å². The largest absolute Gasteiger partial charge is 0.383 e. The summed E-state index contributed by atoms with van der Waals surface area (Å²) < 4.78 is 23.7. The number of hydrogen-bond acceptors (Lipinski definition) is 3. The predicted octanol–water partition coefficient (Wildman–Crippen LogP) is 2.65. The van der Waals surface area contributed by atoms with Crippen LogP contribution in [0.4, 0.5) is 4.39 Å². The van der Waals surface area contributed by atoms with Crippen LogP contribution in [0.15, 0.2) is 24.3 Å². The van der Waals surface area contributed by atoms with E-state index >= 15 is 0 Å². The lowest BCUT2D eigenvalue weighted by Gasteiger charge is -2.18. The van der Waals surface area contributed by atoms with Crippen molar-refractivity contribution in [3.8, 4) is 0 Å². The molecule has 0 radical (unpaired) electrons. The maximum absolute atomic E-state index is 13.2. The number of benzene rings is 1. The summed E-state index contributed by atoms with van der Waals surface area (Å²) in [5, 5.41) is 3.37. The van der Waals surface area contributed by atoms with Gasteiger partial charge < -0.3 is 14.8 Å². The van der Waals surface area contributed by atoms with Crippen LogP contribution in [-0.2, 0) is 15.9 Å². The topological polar surface area (TPSA) is 30.5 Å². The van der Waals surface area contributed by atoms with E-state index in [1.165, 1.54) is 6.07 Å². The van der Waals surface area contributed by atoms with E-state index in [9.17, 15) is 4.39 Å². The van der Waals surface area contributed by atoms with E-state index in [-0.39, 0.29) is 5.82 Å². The van der Waals surface area contributed by atoms with E-state index in [4.69, 9.17) is 9.47 Å². The zero-order valence-electron chi connectivity index (χ0n) is 12.5. The number of ether oxygens (including phenoxy) is 2. The molecule has 0 fully saturated rings. The van der Waals surface area contributed by atoms with Gasteiger partial charge in [-0.15, -0.1) is 0 Å². The van der Waals surface area contributed by atoms with Gasteiger partial charge in [-0.2, -0.15) is 0 Å². The number of nitrogens with one attached hydrogen (secondary N) is 1. The summed E-state index contributed by atoms with van der Waals surface area (Å²) in [6.07, 6.45) is 1.84. The molecule has 0 heterocycles. The van der Waals surface area contributed by atoms with Crippen molar-refractivity contribution in [1.82, 2.24) is 5.32 Å². The van der Waals surface area contributed by atoms with Crippen molar-refractivity contribution >= 4 is 0 Å². The highest BCUT2D eigenvalue weighted by Crippen LogP contribution is 2.13. The van der Waals surface area contributed by atoms with E-state index < -0.39 is 0 Å². The summed E-state index contributed by atoms with van der Waals surface area (Å²) >= 11 is 0. The van der Waals surface area contributed by atoms with Gasteiger partial charge in [0.05, 0.1) is 6.61 Å². The molecule has 4 heteroatoms. The normalized spacial score (nSPS) is 12.6. The van der Waals surface area contributed by atoms with E-state index in [1.807, 2.05) is 13.0 Å². The Kier molecular flexibility index (Phi) is 9.20. The van der Waals surface area contributed by atoms with Crippen LogP contribution in [0.25, 0.3) is 0 Å². The summed E-state index contributed by atoms with van der Waals surface area (Å²) in [4.78, 5) is 0. The third-order valence-electron chi connectivity index (χ3n) is 3.20. The quantitative estimate of drug-likeness (QED) is 0.633. The van der Waals surface area contributed by atoms with Gasteiger partial charge in [-0.1, -0.05) is 12.1 Å². The zero-order chi connectivity index (χ0) is 14.6. The highest BCUT2D eigenvalue weighted by Gasteiger charge is 2.10. The number of hydrogen-bond donors (Lipinski definition) is 1. The second kappa shape index (κ2) is 10.8. The Hall–Kier alpha value is -0.970. The van der Waals surface area contributed by atoms with Crippen LogP contribution in [0, 0.1) is 11.7 Å². The molecule has 1 rings (SSSR count). The third-order valence-corrected chi connectivity index (χ3v) is 3.20. The third kappa shape index (κ3) is 7.58. The van der Waals surface area contributed by atoms with Gasteiger partial charge in [0.25, 0.3) is 0 Å². The van der Waals surface area contributed by atoms with Crippen LogP contribution in [0.3, 0.4) is 0 Å². The number of methoxy groups -OCH3 is 1. The Morgan fingerprint density at radius 1 is 1.30 bits per heavy atom. The summed E-state index contributed by atoms with van der Waals surface area (Å²) in [5.41, 5.74) is 1.04. The molecule has 0 saturated carbocycles. The van der Waals surface area contributed by atoms with Crippen LogP contribution in [-0.4, -0.2) is 40.0 Å². The first-order valence-corrected chi connectivity index (χ1v) is 7.28. The molecule has 0 amide bonds. The highest BCUT2D eigenvalue weighted by atomic mass is 19.1. The molecule has 0 aliphatic carbocycles. The summed E-state index contributed by atoms with van der Waals surface area (Å²) in [7, 11) is 1.70. The van der Waals surface area contributed by atoms with Crippen molar-refractivity contribution in [2.45, 2.75) is 19.8 Å². The van der Waals surface area contributed by atoms with Crippen LogP contribution in [0.1, 0.15) is 18.9 Å². The molecule has 0 aliphatic heterocycles. The molecule has 0 bridgehead atoms. The second-order valence-corrected chi connectivity index (χ2v) is 4.88. The summed E-state index contributed by atoms with van der Waals surface area (Å²) in [5.74, 6) is 0.276. The van der Waals surface area contributed by atoms with Gasteiger partial charge in [-0.25, -0.2) is 4.39 Å². The van der Waals surface area contributed by atoms with E-state index in [0.29, 0.717) is 12.5 Å². The molecule has 1 N–H and O–H groups in total. The van der Waals surface area contributed by atoms with Crippen molar-refractivity contribution in [3.63, 3.8) is 0 Å². The molecule has 1 aromatic rings. The zero-order valence-corrected chi connectivity index (χ0v) is 12.5. The minimum absolute atomic E-state index is 0.168. The van der Waals surface area contributed by atoms with Crippen molar-refractivity contribution < 1.29 is 13.9 Å². The van der Waals surface area contributed by atoms with E-state index in [1.54, 1.807) is 19.2 Å². The fraction of sp³-hybridized carbons (Fsp3) is 0.625. The van der Waals surface area contributed by atoms with Gasteiger partial charge in [0.1, 0.15) is 5.82 Å². The van der Waals surface area contributed by atoms with E-state index in [2.05, 4.69) is 5.32 Å². The van der Waals surface area contributed by atoms with Gasteiger partial charge >= 0.3 is 0 Å². The molecule has 0 aromatic heterocycles. The maximum Gasteiger partial charge on any atom is 0.123 e. The van der Waals surface area contributed by atoms with Crippen molar-refractivity contribution in [3.05, 3.63) is 35.6 Å². The molecule has 1 unspecified atom stereocenters. The average Bonchev–Trinajstić information content (AvgIpc) is 2.43. The summed E-state index contributed by atoms with van der Waals surface area (Å²) in [6.45, 7) is 5.93. The molecule has 3 nitrogen and oxygen atoms in total. The molecule has 0 aliphatic rings. The molecule has 0 saturated heterocycles. The van der Waals surface area contributed by atoms with Crippen LogP contribution in [0.5, 0.6) is 0 Å². The first-order valence-electron chi connectivity index (χ1n) is 7.28. The Morgan fingerprint density at radius 3 is 2.85 bits per heavy atom. The van der Waals surface area contributed by atoms with Crippen molar-refractivity contribution in [2.24, 2.45) is 5.92 Å². The van der Waals surface area contributed by atoms with Gasteiger partial charge in [0.15, 0.2) is 0 Å². The minimum atomic E-state index is -0.168. The van der Waals surface area contributed by atoms with Crippen molar-refractivity contribution in [2.75, 3.05) is 40.0 Å². The number of rotatable bonds is 11. The highest BCUT2D eigenvalue weighted by molar-refractivity contribution is 5.16. The Labute approximate surface area is 121 Å². The smallest absolute Gasteiger partial charge is 0.123 e. The molecule has 0 spiro atoms. The fourth-order valence-corrected chi connectivity index (χ4v) is 2.15. The van der Waals surface area contributed by atoms with Crippen LogP contribution >= 0.6 is 0 Å². The molecule has 1 atom stereocenters. The SMILES string of the molecule is CCOCCC(CNCCOC)Cc1cccc(F)c1. The van der Waals surface area contributed by atoms with Gasteiger partial charge in [0, 0.05) is 26.9 Å². The molecule has 114 valence electrons. The molecular formula is C16H26FNO2.